The van der Waals surface area contributed by atoms with Crippen LogP contribution in [0.25, 0.3) is 6.08 Å². The molecular formula is C13H15NO4. The molecule has 18 heavy (non-hydrogen) atoms. The number of aryl methyl sites for hydroxylation is 1. The topological polar surface area (TPSA) is 79.5 Å². The summed E-state index contributed by atoms with van der Waals surface area (Å²) in [5, 5.41) is 11.5. The zero-order chi connectivity index (χ0) is 13.1. The van der Waals surface area contributed by atoms with E-state index in [4.69, 9.17) is 9.52 Å². The lowest BCUT2D eigenvalue weighted by atomic mass is 10.2. The first-order chi connectivity index (χ1) is 8.56. The van der Waals surface area contributed by atoms with Crippen molar-refractivity contribution in [3.8, 4) is 0 Å². The number of furan rings is 1. The van der Waals surface area contributed by atoms with Crippen LogP contribution in [-0.4, -0.2) is 23.0 Å². The second-order valence-electron chi connectivity index (χ2n) is 4.44. The highest BCUT2D eigenvalue weighted by Gasteiger charge is 2.36. The maximum absolute atomic E-state index is 11.6. The molecule has 0 bridgehead atoms. The maximum atomic E-state index is 11.6. The molecule has 0 aromatic carbocycles. The van der Waals surface area contributed by atoms with E-state index < -0.39 is 17.9 Å². The molecule has 0 spiro atoms. The molecule has 1 fully saturated rings. The van der Waals surface area contributed by atoms with Gasteiger partial charge < -0.3 is 14.8 Å². The number of amides is 1. The van der Waals surface area contributed by atoms with Crippen molar-refractivity contribution in [3.05, 3.63) is 29.7 Å². The largest absolute Gasteiger partial charge is 0.480 e. The minimum atomic E-state index is -0.979. The van der Waals surface area contributed by atoms with Gasteiger partial charge in [-0.1, -0.05) is 0 Å². The smallest absolute Gasteiger partial charge is 0.326 e. The summed E-state index contributed by atoms with van der Waals surface area (Å²) in [6, 6.07) is 2.76. The van der Waals surface area contributed by atoms with E-state index in [0.717, 1.165) is 18.6 Å². The van der Waals surface area contributed by atoms with Gasteiger partial charge in [0.1, 0.15) is 17.6 Å². The standard InChI is InChI=1S/C13H15NO4/c1-8-2-5-10(18-8)6-7-11(15)14-12(13(16)17)9-3-4-9/h2,5-7,9,12H,3-4H2,1H3,(H,14,15)(H,16,17). The molecule has 2 N–H and O–H groups in total. The lowest BCUT2D eigenvalue weighted by molar-refractivity contribution is -0.141. The first-order valence-corrected chi connectivity index (χ1v) is 5.84. The van der Waals surface area contributed by atoms with Gasteiger partial charge in [0.2, 0.25) is 5.91 Å². The summed E-state index contributed by atoms with van der Waals surface area (Å²) in [7, 11) is 0. The fraction of sp³-hybridized carbons (Fsp3) is 0.385. The molecule has 1 aromatic rings. The summed E-state index contributed by atoms with van der Waals surface area (Å²) >= 11 is 0. The van der Waals surface area contributed by atoms with Crippen molar-refractivity contribution in [2.24, 2.45) is 5.92 Å². The first kappa shape index (κ1) is 12.4. The number of carbonyl (C=O) groups excluding carboxylic acids is 1. The minimum absolute atomic E-state index is 0.0747. The molecule has 0 saturated heterocycles. The van der Waals surface area contributed by atoms with Crippen LogP contribution in [0.4, 0.5) is 0 Å². The number of carbonyl (C=O) groups is 2. The van der Waals surface area contributed by atoms with Crippen LogP contribution in [0.5, 0.6) is 0 Å². The Morgan fingerprint density at radius 1 is 1.50 bits per heavy atom. The third-order valence-electron chi connectivity index (χ3n) is 2.82. The molecule has 5 heteroatoms. The van der Waals surface area contributed by atoms with Gasteiger partial charge in [0.05, 0.1) is 0 Å². The monoisotopic (exact) mass is 249 g/mol. The van der Waals surface area contributed by atoms with Crippen LogP contribution in [0, 0.1) is 12.8 Å². The molecule has 1 aliphatic carbocycles. The average Bonchev–Trinajstić information content (AvgIpc) is 3.06. The predicted octanol–water partition coefficient (Wildman–Crippen LogP) is 1.58. The van der Waals surface area contributed by atoms with E-state index in [2.05, 4.69) is 5.32 Å². The van der Waals surface area contributed by atoms with Crippen molar-refractivity contribution in [2.75, 3.05) is 0 Å². The van der Waals surface area contributed by atoms with E-state index in [9.17, 15) is 9.59 Å². The highest BCUT2D eigenvalue weighted by Crippen LogP contribution is 2.32. The second kappa shape index (κ2) is 5.08. The molecule has 1 aromatic heterocycles. The first-order valence-electron chi connectivity index (χ1n) is 5.84. The molecule has 1 saturated carbocycles. The zero-order valence-electron chi connectivity index (χ0n) is 10.1. The number of carboxylic acid groups (broad SMARTS) is 1. The molecular weight excluding hydrogens is 234 g/mol. The van der Waals surface area contributed by atoms with Gasteiger partial charge in [-0.05, 0) is 43.9 Å². The second-order valence-corrected chi connectivity index (χ2v) is 4.44. The molecule has 1 atom stereocenters. The fourth-order valence-corrected chi connectivity index (χ4v) is 1.71. The molecule has 0 radical (unpaired) electrons. The third kappa shape index (κ3) is 3.23. The van der Waals surface area contributed by atoms with Crippen LogP contribution < -0.4 is 5.32 Å². The van der Waals surface area contributed by atoms with Gasteiger partial charge in [-0.2, -0.15) is 0 Å². The van der Waals surface area contributed by atoms with Crippen LogP contribution in [0.3, 0.4) is 0 Å². The van der Waals surface area contributed by atoms with Crippen molar-refractivity contribution in [3.63, 3.8) is 0 Å². The van der Waals surface area contributed by atoms with E-state index >= 15 is 0 Å². The van der Waals surface area contributed by atoms with Crippen molar-refractivity contribution in [1.29, 1.82) is 0 Å². The Bertz CT molecular complexity index is 485. The van der Waals surface area contributed by atoms with Crippen LogP contribution in [0.2, 0.25) is 0 Å². The summed E-state index contributed by atoms with van der Waals surface area (Å²) in [5.74, 6) is 0.0135. The number of aliphatic carboxylic acids is 1. The third-order valence-corrected chi connectivity index (χ3v) is 2.82. The number of hydrogen-bond acceptors (Lipinski definition) is 3. The highest BCUT2D eigenvalue weighted by molar-refractivity contribution is 5.94. The van der Waals surface area contributed by atoms with Crippen molar-refractivity contribution in [2.45, 2.75) is 25.8 Å². The lowest BCUT2D eigenvalue weighted by Gasteiger charge is -2.11. The molecule has 1 heterocycles. The van der Waals surface area contributed by atoms with Crippen molar-refractivity contribution < 1.29 is 19.1 Å². The summed E-state index contributed by atoms with van der Waals surface area (Å²) in [6.45, 7) is 1.81. The van der Waals surface area contributed by atoms with Gasteiger partial charge >= 0.3 is 5.97 Å². The molecule has 1 unspecified atom stereocenters. The van der Waals surface area contributed by atoms with E-state index in [1.165, 1.54) is 12.2 Å². The Balaban J connectivity index is 1.91. The minimum Gasteiger partial charge on any atom is -0.480 e. The van der Waals surface area contributed by atoms with Crippen molar-refractivity contribution in [1.82, 2.24) is 5.32 Å². The molecule has 2 rings (SSSR count). The van der Waals surface area contributed by atoms with E-state index in [0.29, 0.717) is 5.76 Å². The SMILES string of the molecule is Cc1ccc(C=CC(=O)NC(C(=O)O)C2CC2)o1. The zero-order valence-corrected chi connectivity index (χ0v) is 10.1. The van der Waals surface area contributed by atoms with E-state index in [1.54, 1.807) is 12.1 Å². The van der Waals surface area contributed by atoms with Gasteiger partial charge in [-0.15, -0.1) is 0 Å². The normalized spacial score (nSPS) is 16.7. The van der Waals surface area contributed by atoms with E-state index in [1.807, 2.05) is 6.92 Å². The van der Waals surface area contributed by atoms with Crippen LogP contribution in [-0.2, 0) is 9.59 Å². The fourth-order valence-electron chi connectivity index (χ4n) is 1.71. The summed E-state index contributed by atoms with van der Waals surface area (Å²) < 4.78 is 5.26. The predicted molar refractivity (Wildman–Crippen MR) is 64.8 cm³/mol. The van der Waals surface area contributed by atoms with Gasteiger partial charge in [-0.3, -0.25) is 4.79 Å². The number of hydrogen-bond donors (Lipinski definition) is 2. The van der Waals surface area contributed by atoms with Crippen molar-refractivity contribution >= 4 is 18.0 Å². The number of rotatable bonds is 5. The van der Waals surface area contributed by atoms with Crippen LogP contribution in [0.15, 0.2) is 22.6 Å². The highest BCUT2D eigenvalue weighted by atomic mass is 16.4. The summed E-state index contributed by atoms with van der Waals surface area (Å²) in [4.78, 5) is 22.5. The quantitative estimate of drug-likeness (QED) is 0.776. The van der Waals surface area contributed by atoms with Gasteiger partial charge in [0.15, 0.2) is 0 Å². The molecule has 0 aliphatic heterocycles. The maximum Gasteiger partial charge on any atom is 0.326 e. The Morgan fingerprint density at radius 3 is 2.72 bits per heavy atom. The molecule has 5 nitrogen and oxygen atoms in total. The summed E-state index contributed by atoms with van der Waals surface area (Å²) in [6.07, 6.45) is 4.53. The van der Waals surface area contributed by atoms with Gasteiger partial charge in [0, 0.05) is 6.08 Å². The molecule has 1 amide bonds. The molecule has 96 valence electrons. The van der Waals surface area contributed by atoms with Crippen LogP contribution >= 0.6 is 0 Å². The number of carboxylic acids is 1. The van der Waals surface area contributed by atoms with Gasteiger partial charge in [-0.25, -0.2) is 4.79 Å². The summed E-state index contributed by atoms with van der Waals surface area (Å²) in [5.41, 5.74) is 0. The average molecular weight is 249 g/mol. The Morgan fingerprint density at radius 2 is 2.22 bits per heavy atom. The Labute approximate surface area is 104 Å². The van der Waals surface area contributed by atoms with Gasteiger partial charge in [0.25, 0.3) is 0 Å². The Kier molecular flexibility index (Phi) is 3.50. The van der Waals surface area contributed by atoms with E-state index in [-0.39, 0.29) is 5.92 Å². The lowest BCUT2D eigenvalue weighted by Crippen LogP contribution is -2.41. The van der Waals surface area contributed by atoms with Crippen LogP contribution in [0.1, 0.15) is 24.4 Å². The molecule has 1 aliphatic rings. The number of nitrogens with one attached hydrogen (secondary N) is 1. The Hall–Kier alpha value is -2.04.